The first-order valence-corrected chi connectivity index (χ1v) is 37.6. The Balaban J connectivity index is 0.000000124. The number of fused-ring (bicyclic) bond motifs is 4. The quantitative estimate of drug-likeness (QED) is 0.0616. The zero-order valence-electron chi connectivity index (χ0n) is 56.6. The molecular formula is C75H69Br2Cl2F2N17O5S2. The van der Waals surface area contributed by atoms with Gasteiger partial charge in [0.2, 0.25) is 0 Å². The molecule has 105 heavy (non-hydrogen) atoms. The lowest BCUT2D eigenvalue weighted by atomic mass is 9.95. The highest BCUT2D eigenvalue weighted by molar-refractivity contribution is 9.10. The van der Waals surface area contributed by atoms with E-state index < -0.39 is 5.82 Å². The van der Waals surface area contributed by atoms with Gasteiger partial charge >= 0.3 is 24.1 Å². The molecule has 0 radical (unpaired) electrons. The Morgan fingerprint density at radius 3 is 1.54 bits per heavy atom. The minimum atomic E-state index is -0.589. The number of pyridine rings is 1. The van der Waals surface area contributed by atoms with Crippen LogP contribution < -0.4 is 21.3 Å². The van der Waals surface area contributed by atoms with Crippen LogP contribution in [0.5, 0.6) is 0 Å². The molecule has 30 heteroatoms. The van der Waals surface area contributed by atoms with E-state index in [0.29, 0.717) is 77.0 Å². The molecule has 7 aromatic heterocycles. The van der Waals surface area contributed by atoms with Crippen LogP contribution in [-0.2, 0) is 45.3 Å². The fourth-order valence-corrected chi connectivity index (χ4v) is 15.6. The summed E-state index contributed by atoms with van der Waals surface area (Å²) in [7, 11) is 0. The number of aliphatic hydroxyl groups excluding tert-OH is 1. The van der Waals surface area contributed by atoms with Crippen molar-refractivity contribution in [3.05, 3.63) is 250 Å². The monoisotopic (exact) mass is 1620 g/mol. The van der Waals surface area contributed by atoms with Crippen molar-refractivity contribution in [2.75, 3.05) is 34.4 Å². The fraction of sp³-hybridized carbons (Fsp3) is 0.213. The second-order valence-electron chi connectivity index (χ2n) is 25.2. The van der Waals surface area contributed by atoms with Crippen molar-refractivity contribution in [2.24, 2.45) is 0 Å². The first kappa shape index (κ1) is 73.3. The van der Waals surface area contributed by atoms with E-state index in [2.05, 4.69) is 98.9 Å². The van der Waals surface area contributed by atoms with Gasteiger partial charge in [-0.2, -0.15) is 20.4 Å². The van der Waals surface area contributed by atoms with Gasteiger partial charge in [0.15, 0.2) is 5.82 Å². The molecule has 12 aromatic rings. The number of hydrogen-bond donors (Lipinski definition) is 9. The first-order chi connectivity index (χ1) is 50.8. The number of amides is 8. The van der Waals surface area contributed by atoms with Crippen LogP contribution in [0.1, 0.15) is 71.8 Å². The third-order valence-corrected chi connectivity index (χ3v) is 21.8. The van der Waals surface area contributed by atoms with Gasteiger partial charge in [-0.3, -0.25) is 20.4 Å². The van der Waals surface area contributed by atoms with Crippen LogP contribution in [0.2, 0.25) is 10.0 Å². The van der Waals surface area contributed by atoms with Crippen molar-refractivity contribution in [1.82, 2.24) is 65.4 Å². The number of anilines is 4. The molecule has 0 saturated heterocycles. The van der Waals surface area contributed by atoms with Crippen LogP contribution in [-0.4, -0.2) is 126 Å². The molecular weight excluding hydrogens is 1550 g/mol. The number of aliphatic hydroxyl groups is 1. The van der Waals surface area contributed by atoms with E-state index in [9.17, 15) is 33.1 Å². The second-order valence-corrected chi connectivity index (χ2v) is 29.6. The van der Waals surface area contributed by atoms with Crippen LogP contribution in [0.15, 0.2) is 184 Å². The first-order valence-electron chi connectivity index (χ1n) is 33.5. The molecule has 4 aliphatic rings. The lowest BCUT2D eigenvalue weighted by molar-refractivity contribution is 0.129. The summed E-state index contributed by atoms with van der Waals surface area (Å²) in [5.74, 6) is -0.952. The molecule has 0 saturated carbocycles. The molecule has 22 nitrogen and oxygen atoms in total. The Morgan fingerprint density at radius 1 is 0.533 bits per heavy atom. The molecule has 4 unspecified atom stereocenters. The topological polar surface area (TPSA) is 277 Å². The van der Waals surface area contributed by atoms with Crippen LogP contribution in [0.4, 0.5) is 50.7 Å². The molecule has 538 valence electrons. The zero-order valence-corrected chi connectivity index (χ0v) is 62.9. The van der Waals surface area contributed by atoms with Crippen molar-refractivity contribution in [3.63, 3.8) is 0 Å². The molecule has 0 aliphatic carbocycles. The van der Waals surface area contributed by atoms with Crippen molar-refractivity contribution in [2.45, 2.75) is 90.3 Å². The van der Waals surface area contributed by atoms with E-state index in [1.54, 1.807) is 85.9 Å². The van der Waals surface area contributed by atoms with Crippen molar-refractivity contribution >= 4 is 125 Å². The van der Waals surface area contributed by atoms with Crippen LogP contribution >= 0.6 is 77.7 Å². The van der Waals surface area contributed by atoms with E-state index in [-0.39, 0.29) is 71.0 Å². The minimum absolute atomic E-state index is 0.0306. The highest BCUT2D eigenvalue weighted by atomic mass is 79.9. The number of carbonyl (C=O) groups is 4. The Morgan fingerprint density at radius 2 is 1.01 bits per heavy atom. The average molecular weight is 1620 g/mol. The van der Waals surface area contributed by atoms with E-state index in [1.165, 1.54) is 18.3 Å². The predicted molar refractivity (Wildman–Crippen MR) is 413 cm³/mol. The number of urea groups is 4. The van der Waals surface area contributed by atoms with Gasteiger partial charge in [-0.15, -0.1) is 22.7 Å². The number of rotatable bonds is 9. The smallest absolute Gasteiger partial charge is 0.322 e. The molecule has 4 atom stereocenters. The molecule has 8 amide bonds. The van der Waals surface area contributed by atoms with Crippen LogP contribution in [0.25, 0.3) is 43.7 Å². The summed E-state index contributed by atoms with van der Waals surface area (Å²) in [5.41, 5.74) is 15.8. The number of benzene rings is 5. The maximum Gasteiger partial charge on any atom is 0.322 e. The third-order valence-electron chi connectivity index (χ3n) is 18.4. The van der Waals surface area contributed by atoms with E-state index in [4.69, 9.17) is 23.2 Å². The van der Waals surface area contributed by atoms with Gasteiger partial charge in [0.25, 0.3) is 0 Å². The number of thiophene rings is 2. The lowest BCUT2D eigenvalue weighted by Gasteiger charge is -2.34. The molecule has 11 heterocycles. The van der Waals surface area contributed by atoms with Crippen LogP contribution in [0, 0.1) is 11.6 Å². The minimum Gasteiger partial charge on any atom is -0.394 e. The predicted octanol–water partition coefficient (Wildman–Crippen LogP) is 18.0. The summed E-state index contributed by atoms with van der Waals surface area (Å²) in [4.78, 5) is 64.1. The maximum absolute atomic E-state index is 14.1. The third kappa shape index (κ3) is 16.7. The summed E-state index contributed by atoms with van der Waals surface area (Å²) in [5, 5.41) is 56.5. The lowest BCUT2D eigenvalue weighted by Crippen LogP contribution is -2.48. The van der Waals surface area contributed by atoms with Gasteiger partial charge in [-0.1, -0.05) is 108 Å². The molecule has 0 bridgehead atoms. The molecule has 0 spiro atoms. The van der Waals surface area contributed by atoms with Gasteiger partial charge in [0.05, 0.1) is 69.6 Å². The number of halogens is 6. The second kappa shape index (κ2) is 32.9. The summed E-state index contributed by atoms with van der Waals surface area (Å²) >= 11 is 21.4. The van der Waals surface area contributed by atoms with Gasteiger partial charge in [-0.25, -0.2) is 32.9 Å². The number of carbonyl (C=O) groups excluding carboxylic acids is 4. The standard InChI is InChI=1S/C20H19ClN4O2.C20H19ClN4O.C18H16BrFN4OS.C17H15BrFN5OS/c21-14-7-4-8-15(9-14)22-20(27)25-11-17-18(10-16(25)12-26)23-24-19(17)13-5-2-1-3-6-13;1-13-18-17(23-24-19(18)14-6-3-2-4-7-14)10-11-25(13)20(26)22-16-9-5-8-15(21)12-16;1-10-7-15-12(17(23-22-15)16-3-2-6-26-16)9-24(10)18(25)21-11-4-5-14(20)13(19)8-11;1-9-7-12-10(15(23-22-12)13-3-2-6-26-13)8-24(9)17(25)21-11-4-5-20-16(18)14(11)19/h1-9,16,26H,10-12H2,(H,22,27)(H,23,24);2-9,12-13H,10-11H2,1H3,(H,22,26)(H,23,24);2-6,8,10H,7,9H2,1H3,(H,21,25)(H,22,23);2-6,9H,7-8H2,1H3,(H,22,23)(H,20,21,25). The Bertz CT molecular complexity index is 5070. The van der Waals surface area contributed by atoms with Gasteiger partial charge < -0.3 is 46.0 Å². The van der Waals surface area contributed by atoms with Crippen molar-refractivity contribution in [1.29, 1.82) is 0 Å². The molecule has 5 aromatic carbocycles. The van der Waals surface area contributed by atoms with Crippen molar-refractivity contribution in [3.8, 4) is 43.7 Å². The Hall–Kier alpha value is -10.1. The fourth-order valence-electron chi connectivity index (χ4n) is 13.0. The normalized spacial score (nSPS) is 16.3. The summed E-state index contributed by atoms with van der Waals surface area (Å²) < 4.78 is 27.9. The Labute approximate surface area is 637 Å². The molecule has 4 aliphatic heterocycles. The maximum atomic E-state index is 14.1. The van der Waals surface area contributed by atoms with Gasteiger partial charge in [-0.05, 0) is 136 Å². The highest BCUT2D eigenvalue weighted by Crippen LogP contribution is 2.39. The zero-order chi connectivity index (χ0) is 73.4. The van der Waals surface area contributed by atoms with E-state index in [1.807, 2.05) is 133 Å². The number of aromatic amines is 4. The summed E-state index contributed by atoms with van der Waals surface area (Å²) in [6, 6.07) is 46.6. The Kier molecular flexibility index (Phi) is 23.0. The van der Waals surface area contributed by atoms with Crippen molar-refractivity contribution < 1.29 is 33.1 Å². The summed E-state index contributed by atoms with van der Waals surface area (Å²) in [6.45, 7) is 7.79. The number of aromatic nitrogens is 9. The molecule has 16 rings (SSSR count). The summed E-state index contributed by atoms with van der Waals surface area (Å²) in [6.07, 6.45) is 4.10. The van der Waals surface area contributed by atoms with Crippen LogP contribution in [0.3, 0.4) is 0 Å². The van der Waals surface area contributed by atoms with Gasteiger partial charge in [0, 0.05) is 134 Å². The number of nitrogens with one attached hydrogen (secondary N) is 8. The molecule has 0 fully saturated rings. The van der Waals surface area contributed by atoms with E-state index in [0.717, 1.165) is 95.1 Å². The van der Waals surface area contributed by atoms with E-state index >= 15 is 0 Å². The molecule has 9 N–H and O–H groups in total. The number of hydrogen-bond acceptors (Lipinski definition) is 12. The van der Waals surface area contributed by atoms with Gasteiger partial charge in [0.1, 0.15) is 21.8 Å². The number of H-pyrrole nitrogens is 4. The largest absolute Gasteiger partial charge is 0.394 e. The average Bonchev–Trinajstić information content (AvgIpc) is 1.69. The number of nitrogens with zero attached hydrogens (tertiary/aromatic N) is 9. The SMILES string of the molecule is CC1Cc2[nH]nc(-c3cccs3)c2CN1C(=O)Nc1ccc(F)c(Br)c1.CC1Cc2[nH]nc(-c3cccs3)c2CN1C(=O)Nc1ccnc(Br)c1F.CC1c2c(-c3ccccc3)n[nH]c2CCN1C(=O)Nc1cccc(Cl)c1.O=C(Nc1cccc(Cl)c1)N1Cc2c(-c3ccccc3)n[nH]c2CC1CO. The highest BCUT2D eigenvalue weighted by Gasteiger charge is 2.37.